The average Bonchev–Trinajstić information content (AvgIpc) is 3.37. The van der Waals surface area contributed by atoms with Crippen molar-refractivity contribution in [2.75, 3.05) is 10.8 Å². The van der Waals surface area contributed by atoms with Crippen molar-refractivity contribution in [1.29, 1.82) is 0 Å². The predicted molar refractivity (Wildman–Crippen MR) is 146 cm³/mol. The summed E-state index contributed by atoms with van der Waals surface area (Å²) in [6.07, 6.45) is 1.27. The molecule has 4 aromatic rings. The van der Waals surface area contributed by atoms with Crippen LogP contribution in [-0.2, 0) is 14.8 Å². The number of halogens is 1. The number of hydrazone groups is 1. The van der Waals surface area contributed by atoms with Crippen molar-refractivity contribution in [3.63, 3.8) is 0 Å². The summed E-state index contributed by atoms with van der Waals surface area (Å²) in [5.74, 6) is 0.107. The van der Waals surface area contributed by atoms with Gasteiger partial charge in [-0.3, -0.25) is 19.2 Å². The zero-order valence-corrected chi connectivity index (χ0v) is 22.3. The molecule has 1 aromatic heterocycles. The van der Waals surface area contributed by atoms with E-state index in [0.29, 0.717) is 22.8 Å². The molecule has 1 heterocycles. The van der Waals surface area contributed by atoms with Gasteiger partial charge < -0.3 is 4.42 Å². The van der Waals surface area contributed by atoms with E-state index in [1.807, 2.05) is 6.92 Å². The zero-order chi connectivity index (χ0) is 27.3. The van der Waals surface area contributed by atoms with Crippen molar-refractivity contribution in [2.45, 2.75) is 11.8 Å². The highest BCUT2D eigenvalue weighted by atomic mass is 79.9. The molecule has 3 aromatic carbocycles. The highest BCUT2D eigenvalue weighted by Gasteiger charge is 2.27. The van der Waals surface area contributed by atoms with Crippen LogP contribution in [0.15, 0.2) is 104 Å². The molecule has 0 bridgehead atoms. The van der Waals surface area contributed by atoms with Crippen molar-refractivity contribution in [3.05, 3.63) is 111 Å². The van der Waals surface area contributed by atoms with Gasteiger partial charge in [-0.2, -0.15) is 5.10 Å². The largest absolute Gasteiger partial charge is 0.455 e. The molecule has 0 aliphatic heterocycles. The Balaban J connectivity index is 1.47. The Bertz CT molecular complexity index is 1580. The van der Waals surface area contributed by atoms with Gasteiger partial charge in [0.15, 0.2) is 0 Å². The minimum Gasteiger partial charge on any atom is -0.455 e. The fourth-order valence-corrected chi connectivity index (χ4v) is 5.10. The van der Waals surface area contributed by atoms with E-state index in [0.717, 1.165) is 14.3 Å². The van der Waals surface area contributed by atoms with E-state index < -0.39 is 27.4 Å². The number of aryl methyl sites for hydroxylation is 1. The molecular weight excluding hydrogens is 576 g/mol. The number of hydrogen-bond donors (Lipinski definition) is 1. The highest BCUT2D eigenvalue weighted by molar-refractivity contribution is 9.10. The van der Waals surface area contributed by atoms with Gasteiger partial charge in [0.25, 0.3) is 21.6 Å². The quantitative estimate of drug-likeness (QED) is 0.159. The van der Waals surface area contributed by atoms with Crippen LogP contribution in [-0.4, -0.2) is 32.0 Å². The Kier molecular flexibility index (Phi) is 8.03. The van der Waals surface area contributed by atoms with Crippen LogP contribution < -0.4 is 9.73 Å². The number of carbonyl (C=O) groups is 1. The number of nitro groups is 1. The van der Waals surface area contributed by atoms with Gasteiger partial charge in [-0.1, -0.05) is 33.6 Å². The monoisotopic (exact) mass is 596 g/mol. The standard InChI is InChI=1S/C26H21BrN4O6S/c1-18-2-13-24(14-3-18)38(35,36)30(21-10-6-20(27)7-11-21)17-26(32)29-28-16-23-12-15-25(37-23)19-4-8-22(9-5-19)31(33)34/h2-16H,17H2,1H3,(H,29,32)/b28-16-. The number of sulfonamides is 1. The van der Waals surface area contributed by atoms with Crippen molar-refractivity contribution >= 4 is 49.4 Å². The molecule has 0 saturated carbocycles. The fourth-order valence-electron chi connectivity index (χ4n) is 3.42. The molecule has 0 unspecified atom stereocenters. The molecule has 0 aliphatic rings. The molecule has 38 heavy (non-hydrogen) atoms. The molecule has 0 aliphatic carbocycles. The topological polar surface area (TPSA) is 135 Å². The summed E-state index contributed by atoms with van der Waals surface area (Å²) in [6, 6.07) is 22.0. The van der Waals surface area contributed by atoms with E-state index >= 15 is 0 Å². The number of furan rings is 1. The summed E-state index contributed by atoms with van der Waals surface area (Å²) in [6.45, 7) is 1.34. The molecule has 0 saturated heterocycles. The van der Waals surface area contributed by atoms with E-state index in [9.17, 15) is 23.3 Å². The molecule has 12 heteroatoms. The van der Waals surface area contributed by atoms with Gasteiger partial charge in [0.1, 0.15) is 18.1 Å². The van der Waals surface area contributed by atoms with Gasteiger partial charge in [0.2, 0.25) is 0 Å². The van der Waals surface area contributed by atoms with Gasteiger partial charge in [-0.15, -0.1) is 0 Å². The number of nitrogens with one attached hydrogen (secondary N) is 1. The normalized spacial score (nSPS) is 11.4. The maximum absolute atomic E-state index is 13.4. The number of anilines is 1. The predicted octanol–water partition coefficient (Wildman–Crippen LogP) is 5.27. The summed E-state index contributed by atoms with van der Waals surface area (Å²) in [5.41, 5.74) is 4.13. The Hall–Kier alpha value is -4.29. The fraction of sp³-hybridized carbons (Fsp3) is 0.0769. The SMILES string of the molecule is Cc1ccc(S(=O)(=O)N(CC(=O)N/N=C\c2ccc(-c3ccc([N+](=O)[O-])cc3)o2)c2ccc(Br)cc2)cc1. The third-order valence-electron chi connectivity index (χ3n) is 5.38. The van der Waals surface area contributed by atoms with E-state index in [1.54, 1.807) is 60.7 Å². The summed E-state index contributed by atoms with van der Waals surface area (Å²) < 4.78 is 34.2. The Labute approximate surface area is 226 Å². The highest BCUT2D eigenvalue weighted by Crippen LogP contribution is 2.26. The number of nitrogens with zero attached hydrogens (tertiary/aromatic N) is 3. The molecule has 10 nitrogen and oxygen atoms in total. The number of nitro benzene ring substituents is 1. The second-order valence-electron chi connectivity index (χ2n) is 8.10. The van der Waals surface area contributed by atoms with Gasteiger partial charge in [-0.05, 0) is 67.6 Å². The summed E-state index contributed by atoms with van der Waals surface area (Å²) >= 11 is 3.33. The first-order chi connectivity index (χ1) is 18.1. The third-order valence-corrected chi connectivity index (χ3v) is 7.70. The second kappa shape index (κ2) is 11.4. The lowest BCUT2D eigenvalue weighted by molar-refractivity contribution is -0.384. The van der Waals surface area contributed by atoms with Crippen LogP contribution in [0.5, 0.6) is 0 Å². The molecular formula is C26H21BrN4O6S. The molecule has 0 spiro atoms. The number of amides is 1. The van der Waals surface area contributed by atoms with Crippen LogP contribution in [0.2, 0.25) is 0 Å². The van der Waals surface area contributed by atoms with Gasteiger partial charge in [-0.25, -0.2) is 13.8 Å². The number of hydrogen-bond acceptors (Lipinski definition) is 7. The molecule has 4 rings (SSSR count). The third kappa shape index (κ3) is 6.33. The van der Waals surface area contributed by atoms with E-state index in [1.165, 1.54) is 30.5 Å². The van der Waals surface area contributed by atoms with Gasteiger partial charge in [0.05, 0.1) is 21.7 Å². The number of carbonyl (C=O) groups excluding carboxylic acids is 1. The van der Waals surface area contributed by atoms with Crippen molar-refractivity contribution in [2.24, 2.45) is 5.10 Å². The lowest BCUT2D eigenvalue weighted by Crippen LogP contribution is -2.39. The molecule has 1 amide bonds. The molecule has 0 fully saturated rings. The Morgan fingerprint density at radius 3 is 2.32 bits per heavy atom. The molecule has 0 atom stereocenters. The van der Waals surface area contributed by atoms with Crippen LogP contribution in [0.1, 0.15) is 11.3 Å². The first-order valence-corrected chi connectivity index (χ1v) is 13.4. The summed E-state index contributed by atoms with van der Waals surface area (Å²) in [5, 5.41) is 14.7. The van der Waals surface area contributed by atoms with Gasteiger partial charge in [0, 0.05) is 22.2 Å². The molecule has 0 radical (unpaired) electrons. The lowest BCUT2D eigenvalue weighted by Gasteiger charge is -2.23. The van der Waals surface area contributed by atoms with E-state index in [-0.39, 0.29) is 10.6 Å². The number of non-ortho nitro benzene ring substituents is 1. The Morgan fingerprint density at radius 1 is 1.03 bits per heavy atom. The van der Waals surface area contributed by atoms with Crippen LogP contribution in [0.3, 0.4) is 0 Å². The van der Waals surface area contributed by atoms with Crippen LogP contribution >= 0.6 is 15.9 Å². The molecule has 194 valence electrons. The van der Waals surface area contributed by atoms with Crippen LogP contribution in [0.4, 0.5) is 11.4 Å². The van der Waals surface area contributed by atoms with Crippen LogP contribution in [0, 0.1) is 17.0 Å². The van der Waals surface area contributed by atoms with Gasteiger partial charge >= 0.3 is 0 Å². The van der Waals surface area contributed by atoms with Crippen LogP contribution in [0.25, 0.3) is 11.3 Å². The summed E-state index contributed by atoms with van der Waals surface area (Å²) in [7, 11) is -4.05. The Morgan fingerprint density at radius 2 is 1.68 bits per heavy atom. The maximum Gasteiger partial charge on any atom is 0.269 e. The molecule has 1 N–H and O–H groups in total. The van der Waals surface area contributed by atoms with E-state index in [4.69, 9.17) is 4.42 Å². The second-order valence-corrected chi connectivity index (χ2v) is 10.9. The minimum atomic E-state index is -4.05. The first kappa shape index (κ1) is 26.8. The smallest absolute Gasteiger partial charge is 0.269 e. The minimum absolute atomic E-state index is 0.0358. The maximum atomic E-state index is 13.4. The summed E-state index contributed by atoms with van der Waals surface area (Å²) in [4.78, 5) is 23.1. The number of rotatable bonds is 9. The van der Waals surface area contributed by atoms with E-state index in [2.05, 4.69) is 26.5 Å². The lowest BCUT2D eigenvalue weighted by atomic mass is 10.1. The van der Waals surface area contributed by atoms with Crippen molar-refractivity contribution in [1.82, 2.24) is 5.43 Å². The van der Waals surface area contributed by atoms with Crippen molar-refractivity contribution < 1.29 is 22.6 Å². The van der Waals surface area contributed by atoms with Crippen molar-refractivity contribution in [3.8, 4) is 11.3 Å². The number of benzene rings is 3. The average molecular weight is 597 g/mol. The first-order valence-electron chi connectivity index (χ1n) is 11.1. The zero-order valence-electron chi connectivity index (χ0n) is 19.9.